The third kappa shape index (κ3) is 5.71. The first-order chi connectivity index (χ1) is 19.5. The van der Waals surface area contributed by atoms with Crippen LogP contribution in [-0.4, -0.2) is 119 Å². The molecule has 13 heteroatoms. The number of likely N-dealkylation sites (N-methyl/N-ethyl adjacent to an activating group) is 1. The highest BCUT2D eigenvalue weighted by molar-refractivity contribution is 7.89. The topological polar surface area (TPSA) is 115 Å². The predicted molar refractivity (Wildman–Crippen MR) is 158 cm³/mol. The number of hydrogen-bond donors (Lipinski definition) is 1. The van der Waals surface area contributed by atoms with Gasteiger partial charge in [0.1, 0.15) is 11.6 Å². The summed E-state index contributed by atoms with van der Waals surface area (Å²) in [5.41, 5.74) is -0.699. The summed E-state index contributed by atoms with van der Waals surface area (Å²) >= 11 is 6.22. The minimum absolute atomic E-state index is 0.0605. The number of carbonyl (C=O) groups excluding carboxylic acids is 2. The van der Waals surface area contributed by atoms with Crippen molar-refractivity contribution in [2.45, 2.75) is 17.4 Å². The zero-order valence-corrected chi connectivity index (χ0v) is 25.6. The molecule has 0 spiro atoms. The number of amides is 2. The number of rotatable bonds is 9. The third-order valence-electron chi connectivity index (χ3n) is 7.24. The van der Waals surface area contributed by atoms with Crippen molar-refractivity contribution < 1.29 is 22.7 Å². The Hall–Kier alpha value is -3.03. The molecule has 2 aliphatic rings. The van der Waals surface area contributed by atoms with E-state index in [4.69, 9.17) is 16.3 Å². The van der Waals surface area contributed by atoms with E-state index in [0.29, 0.717) is 54.7 Å². The van der Waals surface area contributed by atoms with Crippen LogP contribution in [0.2, 0.25) is 5.02 Å². The first kappa shape index (κ1) is 30.9. The monoisotopic (exact) mass is 604 g/mol. The van der Waals surface area contributed by atoms with E-state index in [2.05, 4.69) is 10.3 Å². The number of ether oxygens (including phenoxy) is 1. The van der Waals surface area contributed by atoms with E-state index in [-0.39, 0.29) is 29.7 Å². The van der Waals surface area contributed by atoms with Gasteiger partial charge >= 0.3 is 0 Å². The Kier molecular flexibility index (Phi) is 9.39. The predicted octanol–water partition coefficient (Wildman–Crippen LogP) is 1.47. The summed E-state index contributed by atoms with van der Waals surface area (Å²) in [4.78, 5) is 38.7. The van der Waals surface area contributed by atoms with Gasteiger partial charge in [-0.3, -0.25) is 24.4 Å². The van der Waals surface area contributed by atoms with Crippen LogP contribution in [-0.2, 0) is 25.2 Å². The molecule has 1 saturated heterocycles. The van der Waals surface area contributed by atoms with Crippen LogP contribution in [0.3, 0.4) is 0 Å². The van der Waals surface area contributed by atoms with E-state index in [1.807, 2.05) is 4.90 Å². The van der Waals surface area contributed by atoms with Gasteiger partial charge < -0.3 is 15.0 Å². The number of carbonyl (C=O) groups is 2. The van der Waals surface area contributed by atoms with Crippen LogP contribution >= 0.6 is 11.6 Å². The maximum absolute atomic E-state index is 14.9. The van der Waals surface area contributed by atoms with Gasteiger partial charge in [0, 0.05) is 72.0 Å². The molecule has 0 aromatic heterocycles. The molecule has 4 rings (SSSR count). The Balaban J connectivity index is 1.87. The van der Waals surface area contributed by atoms with Crippen LogP contribution in [0, 0.1) is 0 Å². The number of nitrogens with zero attached hydrogens (tertiary/aromatic N) is 5. The first-order valence-electron chi connectivity index (χ1n) is 13.5. The fraction of sp³-hybridized carbons (Fsp3) is 0.464. The molecule has 0 bridgehead atoms. The molecule has 1 fully saturated rings. The Labute approximate surface area is 246 Å². The molecule has 2 aliphatic heterocycles. The van der Waals surface area contributed by atoms with Crippen molar-refractivity contribution in [1.29, 1.82) is 0 Å². The Bertz CT molecular complexity index is 1420. The molecule has 11 nitrogen and oxygen atoms in total. The van der Waals surface area contributed by atoms with E-state index in [1.165, 1.54) is 36.0 Å². The lowest BCUT2D eigenvalue weighted by atomic mass is 9.83. The standard InChI is InChI=1S/C28H37ClN6O5S/c1-6-40-24-19-22(41(38,39)33(4)5)11-12-23(24)25-31-15-18-35(25)27(37)28(26(36)32(2)3,34-16-13-30-14-17-34)20-7-9-21(29)10-8-20/h7-12,19,30H,6,13-18H2,1-5H3. The van der Waals surface area contributed by atoms with Gasteiger partial charge in [0.15, 0.2) is 0 Å². The summed E-state index contributed by atoms with van der Waals surface area (Å²) in [6.07, 6.45) is 0. The molecule has 0 saturated carbocycles. The number of aliphatic imine (C=N–C) groups is 1. The van der Waals surface area contributed by atoms with Gasteiger partial charge in [-0.2, -0.15) is 0 Å². The van der Waals surface area contributed by atoms with Gasteiger partial charge in [-0.1, -0.05) is 23.7 Å². The molecular weight excluding hydrogens is 568 g/mol. The molecule has 41 heavy (non-hydrogen) atoms. The highest BCUT2D eigenvalue weighted by Gasteiger charge is 2.56. The minimum atomic E-state index is -3.73. The van der Waals surface area contributed by atoms with Gasteiger partial charge in [-0.05, 0) is 36.8 Å². The second-order valence-electron chi connectivity index (χ2n) is 10.2. The van der Waals surface area contributed by atoms with E-state index in [9.17, 15) is 18.0 Å². The van der Waals surface area contributed by atoms with Gasteiger partial charge in [0.2, 0.25) is 15.6 Å². The maximum atomic E-state index is 14.9. The van der Waals surface area contributed by atoms with Crippen molar-refractivity contribution in [3.8, 4) is 5.75 Å². The van der Waals surface area contributed by atoms with Gasteiger partial charge in [0.05, 0.1) is 23.6 Å². The van der Waals surface area contributed by atoms with Gasteiger partial charge in [-0.25, -0.2) is 12.7 Å². The first-order valence-corrected chi connectivity index (χ1v) is 15.3. The Morgan fingerprint density at radius 2 is 1.71 bits per heavy atom. The summed E-state index contributed by atoms with van der Waals surface area (Å²) < 4.78 is 32.7. The number of nitrogens with one attached hydrogen (secondary N) is 1. The van der Waals surface area contributed by atoms with Crippen LogP contribution in [0.4, 0.5) is 0 Å². The van der Waals surface area contributed by atoms with Crippen LogP contribution in [0.5, 0.6) is 5.75 Å². The molecule has 222 valence electrons. The summed E-state index contributed by atoms with van der Waals surface area (Å²) in [6, 6.07) is 11.3. The minimum Gasteiger partial charge on any atom is -0.493 e. The van der Waals surface area contributed by atoms with Crippen LogP contribution in [0.1, 0.15) is 18.1 Å². The fourth-order valence-corrected chi connectivity index (χ4v) is 6.25. The summed E-state index contributed by atoms with van der Waals surface area (Å²) in [7, 11) is 2.46. The van der Waals surface area contributed by atoms with Crippen molar-refractivity contribution in [2.24, 2.45) is 4.99 Å². The number of amidine groups is 1. The molecular formula is C28H37ClN6O5S. The fourth-order valence-electron chi connectivity index (χ4n) is 5.21. The van der Waals surface area contributed by atoms with Crippen LogP contribution < -0.4 is 10.1 Å². The number of sulfonamides is 1. The van der Waals surface area contributed by atoms with Crippen molar-refractivity contribution in [1.82, 2.24) is 24.3 Å². The molecule has 0 radical (unpaired) electrons. The molecule has 2 aromatic rings. The van der Waals surface area contributed by atoms with E-state index in [0.717, 1.165) is 4.31 Å². The molecule has 1 N–H and O–H groups in total. The lowest BCUT2D eigenvalue weighted by Gasteiger charge is -2.46. The third-order valence-corrected chi connectivity index (χ3v) is 9.30. The number of piperazine rings is 1. The number of halogens is 1. The molecule has 1 atom stereocenters. The zero-order chi connectivity index (χ0) is 29.9. The highest BCUT2D eigenvalue weighted by atomic mass is 35.5. The average Bonchev–Trinajstić information content (AvgIpc) is 3.44. The van der Waals surface area contributed by atoms with Crippen LogP contribution in [0.15, 0.2) is 52.4 Å². The van der Waals surface area contributed by atoms with E-state index < -0.39 is 21.5 Å². The summed E-state index contributed by atoms with van der Waals surface area (Å²) in [5, 5.41) is 3.79. The lowest BCUT2D eigenvalue weighted by molar-refractivity contribution is -0.157. The molecule has 2 amide bonds. The number of benzene rings is 2. The van der Waals surface area contributed by atoms with Gasteiger partial charge in [0.25, 0.3) is 11.8 Å². The normalized spacial score (nSPS) is 17.7. The molecule has 1 unspecified atom stereocenters. The summed E-state index contributed by atoms with van der Waals surface area (Å²) in [6.45, 7) is 4.79. The largest absolute Gasteiger partial charge is 0.493 e. The lowest BCUT2D eigenvalue weighted by Crippen LogP contribution is -2.67. The van der Waals surface area contributed by atoms with Crippen molar-refractivity contribution in [2.75, 3.05) is 74.1 Å². The van der Waals surface area contributed by atoms with Crippen LogP contribution in [0.25, 0.3) is 0 Å². The van der Waals surface area contributed by atoms with E-state index >= 15 is 0 Å². The SMILES string of the molecule is CCOc1cc(S(=O)(=O)N(C)C)ccc1C1=NCCN1C(=O)C(C(=O)N(C)C)(c1ccc(Cl)cc1)N1CCNCC1. The van der Waals surface area contributed by atoms with Gasteiger partial charge in [-0.15, -0.1) is 0 Å². The highest BCUT2D eigenvalue weighted by Crippen LogP contribution is 2.36. The Morgan fingerprint density at radius 1 is 1.05 bits per heavy atom. The quantitative estimate of drug-likeness (QED) is 0.431. The average molecular weight is 605 g/mol. The van der Waals surface area contributed by atoms with Crippen molar-refractivity contribution in [3.63, 3.8) is 0 Å². The molecule has 2 heterocycles. The Morgan fingerprint density at radius 3 is 2.29 bits per heavy atom. The van der Waals surface area contributed by atoms with Crippen molar-refractivity contribution >= 4 is 39.3 Å². The molecule has 2 aromatic carbocycles. The smallest absolute Gasteiger partial charge is 0.263 e. The maximum Gasteiger partial charge on any atom is 0.263 e. The second-order valence-corrected chi connectivity index (χ2v) is 12.8. The second kappa shape index (κ2) is 12.5. The summed E-state index contributed by atoms with van der Waals surface area (Å²) in [5.74, 6) is -0.209. The van der Waals surface area contributed by atoms with Crippen molar-refractivity contribution in [3.05, 3.63) is 58.6 Å². The zero-order valence-electron chi connectivity index (χ0n) is 24.1. The van der Waals surface area contributed by atoms with E-state index in [1.54, 1.807) is 51.4 Å². The molecule has 0 aliphatic carbocycles. The number of hydrogen-bond acceptors (Lipinski definition) is 8.